The molecule has 2 rings (SSSR count). The number of anilines is 2. The highest BCUT2D eigenvalue weighted by molar-refractivity contribution is 6.55. The number of nitrogens with one attached hydrogen (secondary N) is 3. The maximum atomic E-state index is 12.6. The Morgan fingerprint density at radius 2 is 1.83 bits per heavy atom. The van der Waals surface area contributed by atoms with E-state index < -0.39 is 24.1 Å². The summed E-state index contributed by atoms with van der Waals surface area (Å²) in [5, 5.41) is 7.59. The van der Waals surface area contributed by atoms with Gasteiger partial charge in [-0.05, 0) is 36.8 Å². The smallest absolute Gasteiger partial charge is 0.406 e. The van der Waals surface area contributed by atoms with E-state index in [1.807, 2.05) is 0 Å². The number of hydrogen-bond acceptors (Lipinski definition) is 6. The number of rotatable bonds is 13. The van der Waals surface area contributed by atoms with Gasteiger partial charge < -0.3 is 29.4 Å². The van der Waals surface area contributed by atoms with Crippen LogP contribution in [0.25, 0.3) is 0 Å². The van der Waals surface area contributed by atoms with E-state index in [0.717, 1.165) is 12.1 Å². The second-order valence-corrected chi connectivity index (χ2v) is 7.97. The van der Waals surface area contributed by atoms with E-state index in [2.05, 4.69) is 25.7 Å². The molecule has 10 nitrogen and oxygen atoms in total. The maximum Gasteiger partial charge on any atom is 0.573 e. The van der Waals surface area contributed by atoms with Gasteiger partial charge in [0.2, 0.25) is 5.82 Å². The number of benzene rings is 1. The third-order valence-corrected chi connectivity index (χ3v) is 4.50. The SMILES string of the molecule is COCCOCCCNC(=O)c1nc(NC(=O)Nc2ccc(OC(F)(F)F)cc2)cn1CC=C(Cl)Cl. The minimum atomic E-state index is -4.82. The standard InChI is InChI=1S/C21H24Cl2F3N5O5/c1-34-11-12-35-10-2-8-27-19(32)18-29-17(13-31(18)9-7-16(22)23)30-20(33)28-14-3-5-15(6-4-14)36-21(24,25)26/h3-7,13H,2,8-12H2,1H3,(H,27,32)(H2,28,30,33). The van der Waals surface area contributed by atoms with E-state index in [0.29, 0.717) is 32.8 Å². The van der Waals surface area contributed by atoms with Crippen LogP contribution in [0.1, 0.15) is 17.0 Å². The van der Waals surface area contributed by atoms with Crippen molar-refractivity contribution in [2.75, 3.05) is 44.1 Å². The van der Waals surface area contributed by atoms with Crippen molar-refractivity contribution in [2.45, 2.75) is 19.3 Å². The summed E-state index contributed by atoms with van der Waals surface area (Å²) in [4.78, 5) is 29.0. The second-order valence-electron chi connectivity index (χ2n) is 6.96. The molecule has 0 unspecified atom stereocenters. The first-order valence-electron chi connectivity index (χ1n) is 10.4. The predicted octanol–water partition coefficient (Wildman–Crippen LogP) is 4.53. The van der Waals surface area contributed by atoms with Crippen molar-refractivity contribution < 1.29 is 37.0 Å². The zero-order valence-electron chi connectivity index (χ0n) is 19.0. The summed E-state index contributed by atoms with van der Waals surface area (Å²) < 4.78 is 52.2. The van der Waals surface area contributed by atoms with Crippen LogP contribution in [0.5, 0.6) is 5.75 Å². The molecule has 0 bridgehead atoms. The van der Waals surface area contributed by atoms with Crippen LogP contribution in [0, 0.1) is 0 Å². The van der Waals surface area contributed by atoms with Gasteiger partial charge in [-0.15, -0.1) is 13.2 Å². The van der Waals surface area contributed by atoms with Gasteiger partial charge in [-0.25, -0.2) is 9.78 Å². The van der Waals surface area contributed by atoms with Crippen molar-refractivity contribution in [3.63, 3.8) is 0 Å². The van der Waals surface area contributed by atoms with Crippen molar-refractivity contribution >= 4 is 46.6 Å². The van der Waals surface area contributed by atoms with E-state index in [1.54, 1.807) is 7.11 Å². The van der Waals surface area contributed by atoms with Crippen molar-refractivity contribution in [2.24, 2.45) is 0 Å². The number of amides is 3. The predicted molar refractivity (Wildman–Crippen MR) is 127 cm³/mol. The quantitative estimate of drug-likeness (QED) is 0.314. The highest BCUT2D eigenvalue weighted by atomic mass is 35.5. The topological polar surface area (TPSA) is 116 Å². The summed E-state index contributed by atoms with van der Waals surface area (Å²) in [6.45, 7) is 1.77. The minimum absolute atomic E-state index is 0.00918. The van der Waals surface area contributed by atoms with Gasteiger partial charge in [-0.1, -0.05) is 23.2 Å². The summed E-state index contributed by atoms with van der Waals surface area (Å²) in [6, 6.07) is 3.81. The number of urea groups is 1. The molecule has 1 aromatic heterocycles. The van der Waals surface area contributed by atoms with Crippen molar-refractivity contribution in [3.8, 4) is 5.75 Å². The lowest BCUT2D eigenvalue weighted by molar-refractivity contribution is -0.274. The fourth-order valence-corrected chi connectivity index (χ4v) is 2.82. The molecule has 3 amide bonds. The van der Waals surface area contributed by atoms with Crippen molar-refractivity contribution in [1.29, 1.82) is 0 Å². The number of allylic oxidation sites excluding steroid dienone is 1. The Morgan fingerprint density at radius 3 is 2.47 bits per heavy atom. The molecule has 0 saturated carbocycles. The van der Waals surface area contributed by atoms with Gasteiger partial charge in [0.15, 0.2) is 5.82 Å². The molecule has 0 fully saturated rings. The molecule has 0 radical (unpaired) electrons. The molecular formula is C21H24Cl2F3N5O5. The molecule has 2 aromatic rings. The molecule has 36 heavy (non-hydrogen) atoms. The molecule has 0 aliphatic heterocycles. The zero-order valence-corrected chi connectivity index (χ0v) is 20.5. The van der Waals surface area contributed by atoms with Gasteiger partial charge >= 0.3 is 12.4 Å². The molecule has 0 spiro atoms. The average molecular weight is 554 g/mol. The van der Waals surface area contributed by atoms with Crippen LogP contribution in [0.2, 0.25) is 0 Å². The van der Waals surface area contributed by atoms with Gasteiger partial charge in [0, 0.05) is 38.7 Å². The van der Waals surface area contributed by atoms with Crippen LogP contribution >= 0.6 is 23.2 Å². The monoisotopic (exact) mass is 553 g/mol. The van der Waals surface area contributed by atoms with Gasteiger partial charge in [-0.2, -0.15) is 0 Å². The number of alkyl halides is 3. The van der Waals surface area contributed by atoms with E-state index >= 15 is 0 Å². The number of nitrogens with zero attached hydrogens (tertiary/aromatic N) is 2. The van der Waals surface area contributed by atoms with Crippen LogP contribution in [0.4, 0.5) is 29.5 Å². The fourth-order valence-electron chi connectivity index (χ4n) is 2.68. The van der Waals surface area contributed by atoms with Crippen LogP contribution in [0.3, 0.4) is 0 Å². The number of aromatic nitrogens is 2. The normalized spacial score (nSPS) is 11.1. The minimum Gasteiger partial charge on any atom is -0.406 e. The molecule has 0 aliphatic rings. The number of ether oxygens (including phenoxy) is 3. The molecule has 0 saturated heterocycles. The van der Waals surface area contributed by atoms with E-state index in [4.69, 9.17) is 32.7 Å². The van der Waals surface area contributed by atoms with Gasteiger partial charge in [0.1, 0.15) is 10.2 Å². The number of methoxy groups -OCH3 is 1. The van der Waals surface area contributed by atoms with E-state index in [-0.39, 0.29) is 28.4 Å². The molecule has 0 atom stereocenters. The van der Waals surface area contributed by atoms with Gasteiger partial charge in [-0.3, -0.25) is 10.1 Å². The summed E-state index contributed by atoms with van der Waals surface area (Å²) in [7, 11) is 1.57. The van der Waals surface area contributed by atoms with Crippen LogP contribution < -0.4 is 20.7 Å². The first-order valence-corrected chi connectivity index (χ1v) is 11.2. The molecule has 1 aromatic carbocycles. The second kappa shape index (κ2) is 14.5. The Balaban J connectivity index is 1.98. The maximum absolute atomic E-state index is 12.6. The van der Waals surface area contributed by atoms with Crippen molar-refractivity contribution in [1.82, 2.24) is 14.9 Å². The summed E-state index contributed by atoms with van der Waals surface area (Å²) in [5.74, 6) is -0.906. The Hall–Kier alpha value is -3.00. The third kappa shape index (κ3) is 11.2. The number of carbonyl (C=O) groups is 2. The Morgan fingerprint density at radius 1 is 1.11 bits per heavy atom. The van der Waals surface area contributed by atoms with Crippen LogP contribution in [-0.2, 0) is 16.0 Å². The lowest BCUT2D eigenvalue weighted by Crippen LogP contribution is -2.28. The van der Waals surface area contributed by atoms with E-state index in [1.165, 1.54) is 29.0 Å². The number of carbonyl (C=O) groups excluding carboxylic acids is 2. The van der Waals surface area contributed by atoms with Crippen molar-refractivity contribution in [3.05, 3.63) is 46.9 Å². The zero-order chi connectivity index (χ0) is 26.6. The lowest BCUT2D eigenvalue weighted by Gasteiger charge is -2.10. The van der Waals surface area contributed by atoms with Gasteiger partial charge in [0.25, 0.3) is 5.91 Å². The Labute approximate surface area is 214 Å². The number of halogens is 5. The average Bonchev–Trinajstić information content (AvgIpc) is 3.19. The summed E-state index contributed by atoms with van der Waals surface area (Å²) >= 11 is 11.3. The third-order valence-electron chi connectivity index (χ3n) is 4.19. The molecule has 1 heterocycles. The lowest BCUT2D eigenvalue weighted by atomic mass is 10.3. The molecular weight excluding hydrogens is 530 g/mol. The number of imidazole rings is 1. The first kappa shape index (κ1) is 29.2. The summed E-state index contributed by atoms with van der Waals surface area (Å²) in [6.07, 6.45) is -1.44. The van der Waals surface area contributed by atoms with Crippen LogP contribution in [0.15, 0.2) is 41.0 Å². The van der Waals surface area contributed by atoms with Gasteiger partial charge in [0.05, 0.1) is 13.2 Å². The molecule has 15 heteroatoms. The fraction of sp³-hybridized carbons (Fsp3) is 0.381. The first-order chi connectivity index (χ1) is 17.1. The van der Waals surface area contributed by atoms with E-state index in [9.17, 15) is 22.8 Å². The molecule has 198 valence electrons. The largest absolute Gasteiger partial charge is 0.573 e. The van der Waals surface area contributed by atoms with Crippen LogP contribution in [-0.4, -0.2) is 61.3 Å². The Kier molecular flexibility index (Phi) is 11.8. The number of hydrogen-bond donors (Lipinski definition) is 3. The highest BCUT2D eigenvalue weighted by Crippen LogP contribution is 2.24. The molecule has 3 N–H and O–H groups in total. The Bertz CT molecular complexity index is 1030. The summed E-state index contributed by atoms with van der Waals surface area (Å²) in [5.41, 5.74) is 0.198. The highest BCUT2D eigenvalue weighted by Gasteiger charge is 2.31. The molecule has 0 aliphatic carbocycles.